The summed E-state index contributed by atoms with van der Waals surface area (Å²) in [5.41, 5.74) is 3.11. The monoisotopic (exact) mass is 150 g/mol. The summed E-state index contributed by atoms with van der Waals surface area (Å²) in [4.78, 5) is 0. The van der Waals surface area contributed by atoms with Gasteiger partial charge in [0.25, 0.3) is 0 Å². The summed E-state index contributed by atoms with van der Waals surface area (Å²) in [6.45, 7) is 4.49. The van der Waals surface area contributed by atoms with Crippen molar-refractivity contribution in [1.29, 1.82) is 0 Å². The van der Waals surface area contributed by atoms with Gasteiger partial charge in [-0.15, -0.1) is 0 Å². The molecule has 11 heavy (non-hydrogen) atoms. The lowest BCUT2D eigenvalue weighted by Gasteiger charge is -2.11. The van der Waals surface area contributed by atoms with Crippen LogP contribution in [-0.2, 0) is 0 Å². The van der Waals surface area contributed by atoms with Crippen molar-refractivity contribution in [2.45, 2.75) is 46.0 Å². The molecule has 0 saturated carbocycles. The Kier molecular flexibility index (Phi) is 3.41. The van der Waals surface area contributed by atoms with Gasteiger partial charge in [0.1, 0.15) is 0 Å². The molecule has 0 radical (unpaired) electrons. The zero-order valence-corrected chi connectivity index (χ0v) is 7.69. The van der Waals surface area contributed by atoms with E-state index in [0.717, 1.165) is 0 Å². The van der Waals surface area contributed by atoms with Crippen molar-refractivity contribution < 1.29 is 0 Å². The molecule has 0 N–H and O–H groups in total. The summed E-state index contributed by atoms with van der Waals surface area (Å²) in [7, 11) is 0. The second-order valence-electron chi connectivity index (χ2n) is 3.30. The minimum Gasteiger partial charge on any atom is -0.0810 e. The maximum atomic E-state index is 2.41. The van der Waals surface area contributed by atoms with Crippen LogP contribution in [0.25, 0.3) is 0 Å². The second kappa shape index (κ2) is 4.38. The van der Waals surface area contributed by atoms with Gasteiger partial charge in [-0.2, -0.15) is 0 Å². The van der Waals surface area contributed by atoms with Crippen LogP contribution in [0.4, 0.5) is 0 Å². The third kappa shape index (κ3) is 2.53. The standard InChI is InChI=1S/C11H18/c1-3-4-8-11-9-6-5-7-10(11)2/h7,9H,3-6,8H2,1-2H3. The molecule has 1 aliphatic carbocycles. The second-order valence-corrected chi connectivity index (χ2v) is 3.30. The van der Waals surface area contributed by atoms with Gasteiger partial charge in [-0.3, -0.25) is 0 Å². The van der Waals surface area contributed by atoms with Gasteiger partial charge in [0, 0.05) is 0 Å². The van der Waals surface area contributed by atoms with Crippen LogP contribution in [-0.4, -0.2) is 0 Å². The summed E-state index contributed by atoms with van der Waals surface area (Å²) < 4.78 is 0. The lowest BCUT2D eigenvalue weighted by molar-refractivity contribution is 0.779. The molecule has 0 aromatic heterocycles. The first-order valence-corrected chi connectivity index (χ1v) is 4.70. The average Bonchev–Trinajstić information content (AvgIpc) is 2.03. The lowest BCUT2D eigenvalue weighted by Crippen LogP contribution is -1.91. The van der Waals surface area contributed by atoms with E-state index in [0.29, 0.717) is 0 Å². The summed E-state index contributed by atoms with van der Waals surface area (Å²) in [5.74, 6) is 0. The molecule has 1 aliphatic rings. The Labute approximate surface area is 70.0 Å². The topological polar surface area (TPSA) is 0 Å². The van der Waals surface area contributed by atoms with Gasteiger partial charge in [0.2, 0.25) is 0 Å². The van der Waals surface area contributed by atoms with E-state index >= 15 is 0 Å². The quantitative estimate of drug-likeness (QED) is 0.573. The Bertz CT molecular complexity index is 172. The van der Waals surface area contributed by atoms with E-state index in [-0.39, 0.29) is 0 Å². The van der Waals surface area contributed by atoms with Gasteiger partial charge in [0.15, 0.2) is 0 Å². The molecule has 0 aromatic carbocycles. The van der Waals surface area contributed by atoms with Crippen LogP contribution in [0.5, 0.6) is 0 Å². The Balaban J connectivity index is 2.43. The summed E-state index contributed by atoms with van der Waals surface area (Å²) >= 11 is 0. The van der Waals surface area contributed by atoms with Crippen molar-refractivity contribution >= 4 is 0 Å². The lowest BCUT2D eigenvalue weighted by atomic mass is 9.95. The van der Waals surface area contributed by atoms with E-state index < -0.39 is 0 Å². The van der Waals surface area contributed by atoms with E-state index in [1.807, 2.05) is 0 Å². The third-order valence-electron chi connectivity index (χ3n) is 2.31. The Hall–Kier alpha value is -0.520. The molecule has 0 nitrogen and oxygen atoms in total. The fraction of sp³-hybridized carbons (Fsp3) is 0.636. The summed E-state index contributed by atoms with van der Waals surface area (Å²) in [6.07, 6.45) is 11.2. The van der Waals surface area contributed by atoms with Crippen LogP contribution < -0.4 is 0 Å². The highest BCUT2D eigenvalue weighted by Gasteiger charge is 2.02. The first-order valence-electron chi connectivity index (χ1n) is 4.70. The van der Waals surface area contributed by atoms with Crippen LogP contribution in [0.3, 0.4) is 0 Å². The van der Waals surface area contributed by atoms with Gasteiger partial charge in [-0.1, -0.05) is 31.1 Å². The number of hydrogen-bond acceptors (Lipinski definition) is 0. The van der Waals surface area contributed by atoms with Crippen molar-refractivity contribution in [3.63, 3.8) is 0 Å². The molecule has 0 fully saturated rings. The Morgan fingerprint density at radius 3 is 2.64 bits per heavy atom. The number of hydrogen-bond donors (Lipinski definition) is 0. The zero-order valence-electron chi connectivity index (χ0n) is 7.69. The molecule has 0 spiro atoms. The van der Waals surface area contributed by atoms with E-state index in [1.54, 1.807) is 5.57 Å². The summed E-state index contributed by atoms with van der Waals surface area (Å²) in [6, 6.07) is 0. The summed E-state index contributed by atoms with van der Waals surface area (Å²) in [5, 5.41) is 0. The molecule has 0 amide bonds. The van der Waals surface area contributed by atoms with Crippen LogP contribution >= 0.6 is 0 Å². The van der Waals surface area contributed by atoms with E-state index in [9.17, 15) is 0 Å². The molecule has 0 unspecified atom stereocenters. The first kappa shape index (κ1) is 8.58. The van der Waals surface area contributed by atoms with E-state index in [2.05, 4.69) is 26.0 Å². The molecule has 0 heteroatoms. The van der Waals surface area contributed by atoms with Crippen LogP contribution in [0.2, 0.25) is 0 Å². The van der Waals surface area contributed by atoms with Crippen molar-refractivity contribution in [1.82, 2.24) is 0 Å². The highest BCUT2D eigenvalue weighted by Crippen LogP contribution is 2.22. The zero-order chi connectivity index (χ0) is 8.10. The molecule has 0 heterocycles. The molecule has 1 rings (SSSR count). The fourth-order valence-corrected chi connectivity index (χ4v) is 1.52. The first-order chi connectivity index (χ1) is 5.34. The molecule has 0 aromatic rings. The van der Waals surface area contributed by atoms with Gasteiger partial charge in [0.05, 0.1) is 0 Å². The Morgan fingerprint density at radius 2 is 2.00 bits per heavy atom. The Morgan fingerprint density at radius 1 is 1.27 bits per heavy atom. The van der Waals surface area contributed by atoms with E-state index in [4.69, 9.17) is 0 Å². The number of rotatable bonds is 3. The molecule has 0 atom stereocenters. The van der Waals surface area contributed by atoms with Crippen LogP contribution in [0.1, 0.15) is 46.0 Å². The van der Waals surface area contributed by atoms with Crippen LogP contribution in [0, 0.1) is 0 Å². The minimum atomic E-state index is 1.25. The molecular formula is C11H18. The molecule has 0 saturated heterocycles. The van der Waals surface area contributed by atoms with Crippen LogP contribution in [0.15, 0.2) is 23.3 Å². The maximum absolute atomic E-state index is 2.41. The minimum absolute atomic E-state index is 1.25. The maximum Gasteiger partial charge on any atom is -0.0280 e. The third-order valence-corrected chi connectivity index (χ3v) is 2.31. The smallest absolute Gasteiger partial charge is 0.0280 e. The highest BCUT2D eigenvalue weighted by atomic mass is 14.1. The highest BCUT2D eigenvalue weighted by molar-refractivity contribution is 5.31. The molecular weight excluding hydrogens is 132 g/mol. The van der Waals surface area contributed by atoms with Gasteiger partial charge in [-0.25, -0.2) is 0 Å². The predicted molar refractivity (Wildman–Crippen MR) is 50.6 cm³/mol. The van der Waals surface area contributed by atoms with Gasteiger partial charge < -0.3 is 0 Å². The van der Waals surface area contributed by atoms with Gasteiger partial charge >= 0.3 is 0 Å². The number of allylic oxidation sites excluding steroid dienone is 4. The van der Waals surface area contributed by atoms with Gasteiger partial charge in [-0.05, 0) is 38.2 Å². The molecule has 62 valence electrons. The van der Waals surface area contributed by atoms with Crippen molar-refractivity contribution in [3.8, 4) is 0 Å². The molecule has 0 aliphatic heterocycles. The molecule has 0 bridgehead atoms. The fourth-order valence-electron chi connectivity index (χ4n) is 1.52. The van der Waals surface area contributed by atoms with Crippen molar-refractivity contribution in [2.75, 3.05) is 0 Å². The largest absolute Gasteiger partial charge is 0.0810 e. The van der Waals surface area contributed by atoms with Crippen molar-refractivity contribution in [3.05, 3.63) is 23.3 Å². The normalized spacial score (nSPS) is 17.6. The number of unbranched alkanes of at least 4 members (excludes halogenated alkanes) is 1. The average molecular weight is 150 g/mol. The SMILES string of the molecule is CCCCC1=CCCC=C1C. The van der Waals surface area contributed by atoms with Crippen molar-refractivity contribution in [2.24, 2.45) is 0 Å². The predicted octanol–water partition coefficient (Wildman–Crippen LogP) is 3.84. The van der Waals surface area contributed by atoms with E-state index in [1.165, 1.54) is 37.7 Å².